The minimum atomic E-state index is -0.445. The van der Waals surface area contributed by atoms with Crippen LogP contribution in [0.5, 0.6) is 0 Å². The molecule has 0 bridgehead atoms. The molecular formula is C19H15N3O2. The summed E-state index contributed by atoms with van der Waals surface area (Å²) in [6.07, 6.45) is 0. The Labute approximate surface area is 139 Å². The van der Waals surface area contributed by atoms with Gasteiger partial charge in [0.1, 0.15) is 17.4 Å². The van der Waals surface area contributed by atoms with E-state index in [0.29, 0.717) is 16.9 Å². The summed E-state index contributed by atoms with van der Waals surface area (Å²) in [7, 11) is 1.50. The van der Waals surface area contributed by atoms with Crippen molar-refractivity contribution in [1.29, 1.82) is 5.26 Å². The van der Waals surface area contributed by atoms with Gasteiger partial charge in [-0.1, -0.05) is 60.7 Å². The molecule has 1 aromatic heterocycles. The number of carbonyl (C=O) groups excluding carboxylic acids is 1. The van der Waals surface area contributed by atoms with E-state index in [4.69, 9.17) is 4.42 Å². The second kappa shape index (κ2) is 6.71. The minimum absolute atomic E-state index is 0.134. The Morgan fingerprint density at radius 1 is 1.00 bits per heavy atom. The maximum atomic E-state index is 11.7. The molecule has 0 aliphatic heterocycles. The molecule has 0 aliphatic rings. The topological polar surface area (TPSA) is 78.1 Å². The molecule has 1 heterocycles. The van der Waals surface area contributed by atoms with Crippen molar-refractivity contribution in [1.82, 2.24) is 5.32 Å². The van der Waals surface area contributed by atoms with Gasteiger partial charge in [0.2, 0.25) is 5.88 Å². The van der Waals surface area contributed by atoms with Crippen molar-refractivity contribution in [3.05, 3.63) is 66.2 Å². The van der Waals surface area contributed by atoms with Crippen LogP contribution >= 0.6 is 0 Å². The highest BCUT2D eigenvalue weighted by atomic mass is 16.4. The quantitative estimate of drug-likeness (QED) is 0.758. The highest BCUT2D eigenvalue weighted by molar-refractivity contribution is 5.94. The first kappa shape index (κ1) is 15.4. The Balaban J connectivity index is 2.24. The molecule has 3 rings (SSSR count). The van der Waals surface area contributed by atoms with Crippen LogP contribution in [0.2, 0.25) is 0 Å². The number of nitrogens with one attached hydrogen (secondary N) is 2. The molecule has 3 aromatic rings. The van der Waals surface area contributed by atoms with Gasteiger partial charge in [-0.15, -0.1) is 0 Å². The second-order valence-corrected chi connectivity index (χ2v) is 5.06. The van der Waals surface area contributed by atoms with E-state index < -0.39 is 6.03 Å². The van der Waals surface area contributed by atoms with Gasteiger partial charge in [0, 0.05) is 18.2 Å². The number of hydrogen-bond acceptors (Lipinski definition) is 3. The van der Waals surface area contributed by atoms with Crippen LogP contribution in [0.4, 0.5) is 10.7 Å². The first-order valence-corrected chi connectivity index (χ1v) is 7.41. The summed E-state index contributed by atoms with van der Waals surface area (Å²) < 4.78 is 5.86. The van der Waals surface area contributed by atoms with Crippen LogP contribution in [0.1, 0.15) is 5.56 Å². The molecule has 0 atom stereocenters. The standard InChI is InChI=1S/C19H15N3O2/c1-21-19(23)22-18-15(12-20)16(13-8-4-2-5-9-13)17(24-18)14-10-6-3-7-11-14/h2-11H,1H3,(H2,21,22,23). The predicted octanol–water partition coefficient (Wildman–Crippen LogP) is 4.24. The summed E-state index contributed by atoms with van der Waals surface area (Å²) in [4.78, 5) is 11.7. The second-order valence-electron chi connectivity index (χ2n) is 5.06. The molecule has 2 aromatic carbocycles. The van der Waals surface area contributed by atoms with E-state index in [1.54, 1.807) is 0 Å². The summed E-state index contributed by atoms with van der Waals surface area (Å²) in [5.74, 6) is 0.680. The third-order valence-electron chi connectivity index (χ3n) is 3.57. The molecular weight excluding hydrogens is 302 g/mol. The van der Waals surface area contributed by atoms with Crippen LogP contribution in [0, 0.1) is 11.3 Å². The number of furan rings is 1. The number of hydrogen-bond donors (Lipinski definition) is 2. The molecule has 2 amide bonds. The number of urea groups is 1. The maximum absolute atomic E-state index is 11.7. The average molecular weight is 317 g/mol. The highest BCUT2D eigenvalue weighted by Crippen LogP contribution is 2.41. The Morgan fingerprint density at radius 3 is 2.12 bits per heavy atom. The van der Waals surface area contributed by atoms with E-state index in [0.717, 1.165) is 11.1 Å². The van der Waals surface area contributed by atoms with Crippen LogP contribution in [0.25, 0.3) is 22.5 Å². The fourth-order valence-corrected chi connectivity index (χ4v) is 2.46. The number of rotatable bonds is 3. The summed E-state index contributed by atoms with van der Waals surface area (Å²) in [6, 6.07) is 20.7. The fraction of sp³-hybridized carbons (Fsp3) is 0.0526. The van der Waals surface area contributed by atoms with Gasteiger partial charge in [-0.25, -0.2) is 4.79 Å². The van der Waals surface area contributed by atoms with Crippen molar-refractivity contribution < 1.29 is 9.21 Å². The van der Waals surface area contributed by atoms with E-state index in [-0.39, 0.29) is 5.88 Å². The molecule has 118 valence electrons. The van der Waals surface area contributed by atoms with E-state index in [1.165, 1.54) is 7.05 Å². The molecule has 24 heavy (non-hydrogen) atoms. The molecule has 5 heteroatoms. The van der Waals surface area contributed by atoms with Gasteiger partial charge < -0.3 is 9.73 Å². The van der Waals surface area contributed by atoms with E-state index in [1.807, 2.05) is 60.7 Å². The number of anilines is 1. The molecule has 0 saturated heterocycles. The zero-order chi connectivity index (χ0) is 16.9. The van der Waals surface area contributed by atoms with E-state index >= 15 is 0 Å². The Hall–Kier alpha value is -3.52. The van der Waals surface area contributed by atoms with Gasteiger partial charge in [-0.05, 0) is 5.56 Å². The number of benzene rings is 2. The smallest absolute Gasteiger partial charge is 0.321 e. The SMILES string of the molecule is CNC(=O)Nc1oc(-c2ccccc2)c(-c2ccccc2)c1C#N. The number of amides is 2. The van der Waals surface area contributed by atoms with E-state index in [2.05, 4.69) is 16.7 Å². The zero-order valence-electron chi connectivity index (χ0n) is 13.0. The van der Waals surface area contributed by atoms with Crippen molar-refractivity contribution >= 4 is 11.9 Å². The van der Waals surface area contributed by atoms with Gasteiger partial charge in [0.05, 0.1) is 0 Å². The highest BCUT2D eigenvalue weighted by Gasteiger charge is 2.23. The Kier molecular flexibility index (Phi) is 4.30. The van der Waals surface area contributed by atoms with Gasteiger partial charge in [0.25, 0.3) is 0 Å². The van der Waals surface area contributed by atoms with Gasteiger partial charge in [-0.2, -0.15) is 5.26 Å². The summed E-state index contributed by atoms with van der Waals surface area (Å²) in [6.45, 7) is 0. The lowest BCUT2D eigenvalue weighted by molar-refractivity contribution is 0.253. The average Bonchev–Trinajstić information content (AvgIpc) is 3.01. The summed E-state index contributed by atoms with van der Waals surface area (Å²) in [5, 5.41) is 14.7. The lowest BCUT2D eigenvalue weighted by Gasteiger charge is -2.03. The first-order chi connectivity index (χ1) is 11.7. The van der Waals surface area contributed by atoms with Crippen LogP contribution in [-0.2, 0) is 0 Å². The van der Waals surface area contributed by atoms with Gasteiger partial charge in [-0.3, -0.25) is 5.32 Å². The predicted molar refractivity (Wildman–Crippen MR) is 92.4 cm³/mol. The number of nitrogens with zero attached hydrogens (tertiary/aromatic N) is 1. The fourth-order valence-electron chi connectivity index (χ4n) is 2.46. The Bertz CT molecular complexity index is 894. The largest absolute Gasteiger partial charge is 0.438 e. The molecule has 2 N–H and O–H groups in total. The van der Waals surface area contributed by atoms with Gasteiger partial charge >= 0.3 is 6.03 Å². The third-order valence-corrected chi connectivity index (χ3v) is 3.57. The molecule has 0 spiro atoms. The number of nitriles is 1. The van der Waals surface area contributed by atoms with Crippen LogP contribution < -0.4 is 10.6 Å². The molecule has 0 aliphatic carbocycles. The van der Waals surface area contributed by atoms with Crippen molar-refractivity contribution in [2.24, 2.45) is 0 Å². The monoisotopic (exact) mass is 317 g/mol. The normalized spacial score (nSPS) is 10.0. The molecule has 0 radical (unpaired) electrons. The van der Waals surface area contributed by atoms with Crippen molar-refractivity contribution in [2.75, 3.05) is 12.4 Å². The van der Waals surface area contributed by atoms with Gasteiger partial charge in [0.15, 0.2) is 0 Å². The maximum Gasteiger partial charge on any atom is 0.321 e. The number of carbonyl (C=O) groups is 1. The molecule has 0 unspecified atom stereocenters. The lowest BCUT2D eigenvalue weighted by Crippen LogP contribution is -2.24. The molecule has 0 saturated carbocycles. The van der Waals surface area contributed by atoms with Crippen LogP contribution in [-0.4, -0.2) is 13.1 Å². The lowest BCUT2D eigenvalue weighted by atomic mass is 9.98. The van der Waals surface area contributed by atoms with E-state index in [9.17, 15) is 10.1 Å². The summed E-state index contributed by atoms with van der Waals surface area (Å²) in [5.41, 5.74) is 2.64. The third kappa shape index (κ3) is 2.85. The van der Waals surface area contributed by atoms with Crippen LogP contribution in [0.15, 0.2) is 65.1 Å². The molecule has 0 fully saturated rings. The van der Waals surface area contributed by atoms with Crippen LogP contribution in [0.3, 0.4) is 0 Å². The Morgan fingerprint density at radius 2 is 1.58 bits per heavy atom. The van der Waals surface area contributed by atoms with Crippen molar-refractivity contribution in [2.45, 2.75) is 0 Å². The minimum Gasteiger partial charge on any atom is -0.438 e. The first-order valence-electron chi connectivity index (χ1n) is 7.41. The molecule has 5 nitrogen and oxygen atoms in total. The summed E-state index contributed by atoms with van der Waals surface area (Å²) >= 11 is 0. The van der Waals surface area contributed by atoms with Crippen molar-refractivity contribution in [3.8, 4) is 28.5 Å². The van der Waals surface area contributed by atoms with Crippen molar-refractivity contribution in [3.63, 3.8) is 0 Å². The zero-order valence-corrected chi connectivity index (χ0v) is 13.0.